The molecule has 0 radical (unpaired) electrons. The highest BCUT2D eigenvalue weighted by molar-refractivity contribution is 6.13. The molecule has 0 spiro atoms. The van der Waals surface area contributed by atoms with Crippen LogP contribution in [0.1, 0.15) is 5.56 Å². The van der Waals surface area contributed by atoms with Crippen molar-refractivity contribution in [2.45, 2.75) is 6.92 Å². The summed E-state index contributed by atoms with van der Waals surface area (Å²) in [6, 6.07) is 25.5. The summed E-state index contributed by atoms with van der Waals surface area (Å²) >= 11 is 0. The van der Waals surface area contributed by atoms with E-state index in [4.69, 9.17) is 4.42 Å². The predicted molar refractivity (Wildman–Crippen MR) is 97.9 cm³/mol. The van der Waals surface area contributed by atoms with E-state index in [0.29, 0.717) is 0 Å². The van der Waals surface area contributed by atoms with E-state index in [2.05, 4.69) is 79.7 Å². The number of fused-ring (bicyclic) bond motifs is 6. The highest BCUT2D eigenvalue weighted by atomic mass is 16.3. The van der Waals surface area contributed by atoms with E-state index >= 15 is 0 Å². The Bertz CT molecular complexity index is 1120. The molecule has 0 aliphatic rings. The van der Waals surface area contributed by atoms with Crippen LogP contribution in [0, 0.1) is 6.92 Å². The Kier molecular flexibility index (Phi) is 2.48. The maximum atomic E-state index is 6.45. The molecule has 108 valence electrons. The summed E-state index contributed by atoms with van der Waals surface area (Å²) in [4.78, 5) is 0. The molecule has 0 N–H and O–H groups in total. The van der Waals surface area contributed by atoms with Crippen LogP contribution in [0.2, 0.25) is 0 Å². The molecule has 4 aromatic carbocycles. The summed E-state index contributed by atoms with van der Waals surface area (Å²) in [5.41, 5.74) is 3.23. The molecular weight excluding hydrogens is 280 g/mol. The monoisotopic (exact) mass is 295 g/mol. The van der Waals surface area contributed by atoms with Crippen molar-refractivity contribution in [2.24, 2.45) is 0 Å². The van der Waals surface area contributed by atoms with Crippen LogP contribution in [-0.2, 0) is 0 Å². The van der Waals surface area contributed by atoms with Crippen LogP contribution in [0.4, 0.5) is 0 Å². The lowest BCUT2D eigenvalue weighted by atomic mass is 9.99. The van der Waals surface area contributed by atoms with E-state index in [1.165, 1.54) is 37.9 Å². The Morgan fingerprint density at radius 1 is 0.522 bits per heavy atom. The van der Waals surface area contributed by atoms with Gasteiger partial charge in [-0.2, -0.15) is 0 Å². The fourth-order valence-electron chi connectivity index (χ4n) is 3.54. The molecule has 1 heterocycles. The summed E-state index contributed by atoms with van der Waals surface area (Å²) in [5, 5.41) is 7.13. The largest absolute Gasteiger partial charge is 0.368 e. The first kappa shape index (κ1) is 12.6. The van der Waals surface area contributed by atoms with Gasteiger partial charge in [-0.25, -0.2) is 4.42 Å². The van der Waals surface area contributed by atoms with Gasteiger partial charge >= 0.3 is 11.2 Å². The van der Waals surface area contributed by atoms with Gasteiger partial charge in [0.05, 0.1) is 21.5 Å². The molecule has 0 amide bonds. The topological polar surface area (TPSA) is 11.3 Å². The molecule has 0 atom stereocenters. The van der Waals surface area contributed by atoms with Crippen molar-refractivity contribution in [3.8, 4) is 0 Å². The van der Waals surface area contributed by atoms with Crippen molar-refractivity contribution >= 4 is 43.5 Å². The minimum absolute atomic E-state index is 0.976. The van der Waals surface area contributed by atoms with Gasteiger partial charge < -0.3 is 0 Å². The van der Waals surface area contributed by atoms with Gasteiger partial charge in [0.25, 0.3) is 0 Å². The Morgan fingerprint density at radius 3 is 1.52 bits per heavy atom. The molecule has 23 heavy (non-hydrogen) atoms. The Balaban J connectivity index is 2.10. The summed E-state index contributed by atoms with van der Waals surface area (Å²) in [5.74, 6) is 0. The smallest absolute Gasteiger partial charge is 0.205 e. The second kappa shape index (κ2) is 4.53. The lowest BCUT2D eigenvalue weighted by Crippen LogP contribution is -1.86. The Hall–Kier alpha value is -2.93. The fraction of sp³-hybridized carbons (Fsp3) is 0.0455. The third-order valence-electron chi connectivity index (χ3n) is 4.77. The third kappa shape index (κ3) is 1.71. The van der Waals surface area contributed by atoms with Crippen molar-refractivity contribution in [3.63, 3.8) is 0 Å². The molecule has 0 aliphatic carbocycles. The molecule has 0 fully saturated rings. The summed E-state index contributed by atoms with van der Waals surface area (Å²) in [6.07, 6.45) is 0. The van der Waals surface area contributed by atoms with Crippen molar-refractivity contribution in [2.75, 3.05) is 0 Å². The summed E-state index contributed by atoms with van der Waals surface area (Å²) in [7, 11) is 0. The van der Waals surface area contributed by atoms with Crippen LogP contribution in [0.3, 0.4) is 0 Å². The molecule has 0 saturated carbocycles. The van der Waals surface area contributed by atoms with Crippen LogP contribution in [-0.4, -0.2) is 0 Å². The molecule has 0 unspecified atom stereocenters. The lowest BCUT2D eigenvalue weighted by Gasteiger charge is -2.03. The average Bonchev–Trinajstić information content (AvgIpc) is 2.61. The quantitative estimate of drug-likeness (QED) is 0.181. The third-order valence-corrected chi connectivity index (χ3v) is 4.77. The first-order valence-corrected chi connectivity index (χ1v) is 7.88. The van der Waals surface area contributed by atoms with Gasteiger partial charge in [0.15, 0.2) is 0 Å². The zero-order valence-electron chi connectivity index (χ0n) is 12.8. The van der Waals surface area contributed by atoms with E-state index in [1.54, 1.807) is 0 Å². The molecule has 0 aliphatic heterocycles. The van der Waals surface area contributed by atoms with Crippen molar-refractivity contribution in [1.29, 1.82) is 0 Å². The highest BCUT2D eigenvalue weighted by Gasteiger charge is 2.21. The van der Waals surface area contributed by atoms with Crippen LogP contribution in [0.25, 0.3) is 43.5 Å². The summed E-state index contributed by atoms with van der Waals surface area (Å²) < 4.78 is 6.45. The van der Waals surface area contributed by atoms with Gasteiger partial charge in [-0.3, -0.25) is 0 Å². The number of hydrogen-bond donors (Lipinski definition) is 0. The number of hydrogen-bond acceptors (Lipinski definition) is 0. The minimum atomic E-state index is 0.976. The van der Waals surface area contributed by atoms with Crippen molar-refractivity contribution in [1.82, 2.24) is 0 Å². The van der Waals surface area contributed by atoms with Crippen LogP contribution >= 0.6 is 0 Å². The number of rotatable bonds is 0. The van der Waals surface area contributed by atoms with Gasteiger partial charge in [-0.1, -0.05) is 48.5 Å². The molecule has 1 nitrogen and oxygen atoms in total. The van der Waals surface area contributed by atoms with Gasteiger partial charge in [-0.15, -0.1) is 0 Å². The zero-order valence-corrected chi connectivity index (χ0v) is 12.8. The zero-order chi connectivity index (χ0) is 15.4. The molecule has 1 heteroatoms. The highest BCUT2D eigenvalue weighted by Crippen LogP contribution is 2.35. The Morgan fingerprint density at radius 2 is 1.00 bits per heavy atom. The minimum Gasteiger partial charge on any atom is -0.205 e. The molecule has 1 aromatic heterocycles. The first-order valence-electron chi connectivity index (χ1n) is 7.88. The van der Waals surface area contributed by atoms with Crippen molar-refractivity contribution < 1.29 is 4.42 Å². The fourth-order valence-corrected chi connectivity index (χ4v) is 3.54. The van der Waals surface area contributed by atoms with Crippen LogP contribution in [0.15, 0.2) is 77.2 Å². The second-order valence-corrected chi connectivity index (χ2v) is 6.05. The average molecular weight is 295 g/mol. The van der Waals surface area contributed by atoms with Gasteiger partial charge in [-0.05, 0) is 47.5 Å². The second-order valence-electron chi connectivity index (χ2n) is 6.05. The van der Waals surface area contributed by atoms with Crippen LogP contribution < -0.4 is 0 Å². The Labute approximate surface area is 133 Å². The van der Waals surface area contributed by atoms with E-state index in [9.17, 15) is 0 Å². The van der Waals surface area contributed by atoms with Crippen molar-refractivity contribution in [3.05, 3.63) is 78.4 Å². The first-order chi connectivity index (χ1) is 11.3. The molecule has 0 bridgehead atoms. The standard InChI is InChI=1S/C22H15O/c1-14-17-12-10-15-6-2-4-8-19(15)21(17)23-22-18(14)13-11-16-7-3-5-9-20(16)22/h2-13H,1H3/q+1. The maximum absolute atomic E-state index is 6.45. The molecule has 5 rings (SSSR count). The SMILES string of the molecule is Cc1c2ccc3ccccc3c2[o+]c2c1ccc1ccccc12. The lowest BCUT2D eigenvalue weighted by molar-refractivity contribution is 0.668. The van der Waals surface area contributed by atoms with E-state index in [1.807, 2.05) is 0 Å². The van der Waals surface area contributed by atoms with E-state index in [-0.39, 0.29) is 0 Å². The summed E-state index contributed by atoms with van der Waals surface area (Å²) in [6.45, 7) is 2.18. The normalized spacial score (nSPS) is 11.7. The van der Waals surface area contributed by atoms with E-state index < -0.39 is 0 Å². The molecule has 0 saturated heterocycles. The molecular formula is C22H15O+. The number of benzene rings is 4. The maximum Gasteiger partial charge on any atom is 0.368 e. The van der Waals surface area contributed by atoms with Gasteiger partial charge in [0.2, 0.25) is 0 Å². The van der Waals surface area contributed by atoms with Gasteiger partial charge in [0, 0.05) is 0 Å². The predicted octanol–water partition coefficient (Wildman–Crippen LogP) is 6.48. The van der Waals surface area contributed by atoms with Gasteiger partial charge in [0.1, 0.15) is 0 Å². The van der Waals surface area contributed by atoms with Crippen LogP contribution in [0.5, 0.6) is 0 Å². The number of aryl methyl sites for hydroxylation is 1. The van der Waals surface area contributed by atoms with E-state index in [0.717, 1.165) is 11.2 Å². The molecule has 5 aromatic rings.